The predicted octanol–water partition coefficient (Wildman–Crippen LogP) is 5.22. The first-order chi connectivity index (χ1) is 16.1. The molecular formula is C26H25FN2O4S. The van der Waals surface area contributed by atoms with Crippen molar-refractivity contribution in [3.63, 3.8) is 0 Å². The van der Waals surface area contributed by atoms with E-state index in [0.717, 1.165) is 23.8 Å². The summed E-state index contributed by atoms with van der Waals surface area (Å²) in [6.07, 6.45) is 2.00. The SMILES string of the molecule is CCc1ccc(-c2cc3c(C(=O)NC)c(-c4ccc(F)cc4)oc3cc2N(C)S(C)(=O)=O)cc1. The molecule has 0 saturated carbocycles. The molecule has 1 heterocycles. The molecule has 0 unspecified atom stereocenters. The zero-order valence-electron chi connectivity index (χ0n) is 19.3. The normalized spacial score (nSPS) is 11.6. The zero-order chi connectivity index (χ0) is 24.6. The van der Waals surface area contributed by atoms with Gasteiger partial charge in [-0.1, -0.05) is 31.2 Å². The number of amides is 1. The fraction of sp³-hybridized carbons (Fsp3) is 0.192. The Morgan fingerprint density at radius 1 is 1.03 bits per heavy atom. The van der Waals surface area contributed by atoms with Gasteiger partial charge in [0.15, 0.2) is 0 Å². The van der Waals surface area contributed by atoms with Gasteiger partial charge in [0.1, 0.15) is 17.2 Å². The lowest BCUT2D eigenvalue weighted by Gasteiger charge is -2.21. The Hall–Kier alpha value is -3.65. The molecule has 0 atom stereocenters. The van der Waals surface area contributed by atoms with Crippen LogP contribution in [0.3, 0.4) is 0 Å². The summed E-state index contributed by atoms with van der Waals surface area (Å²) in [6, 6.07) is 16.9. The Bertz CT molecular complexity index is 1470. The van der Waals surface area contributed by atoms with Gasteiger partial charge in [0.25, 0.3) is 5.91 Å². The number of fused-ring (bicyclic) bond motifs is 1. The van der Waals surface area contributed by atoms with Gasteiger partial charge in [0.2, 0.25) is 10.0 Å². The highest BCUT2D eigenvalue weighted by atomic mass is 32.2. The number of carbonyl (C=O) groups is 1. The van der Waals surface area contributed by atoms with E-state index >= 15 is 0 Å². The molecule has 3 aromatic carbocycles. The van der Waals surface area contributed by atoms with Crippen LogP contribution in [0.15, 0.2) is 65.1 Å². The van der Waals surface area contributed by atoms with Crippen LogP contribution in [0.25, 0.3) is 33.4 Å². The van der Waals surface area contributed by atoms with Crippen LogP contribution in [0, 0.1) is 5.82 Å². The summed E-state index contributed by atoms with van der Waals surface area (Å²) < 4.78 is 45.6. The lowest BCUT2D eigenvalue weighted by Crippen LogP contribution is -2.25. The highest BCUT2D eigenvalue weighted by Gasteiger charge is 2.25. The van der Waals surface area contributed by atoms with E-state index in [4.69, 9.17) is 4.42 Å². The van der Waals surface area contributed by atoms with Gasteiger partial charge in [0, 0.05) is 36.7 Å². The highest BCUT2D eigenvalue weighted by Crippen LogP contribution is 2.41. The van der Waals surface area contributed by atoms with Gasteiger partial charge in [-0.05, 0) is 47.9 Å². The first-order valence-corrected chi connectivity index (χ1v) is 12.6. The molecule has 1 N–H and O–H groups in total. The molecule has 34 heavy (non-hydrogen) atoms. The summed E-state index contributed by atoms with van der Waals surface area (Å²) in [4.78, 5) is 12.9. The fourth-order valence-corrected chi connectivity index (χ4v) is 4.39. The van der Waals surface area contributed by atoms with E-state index < -0.39 is 15.8 Å². The molecule has 1 aromatic heterocycles. The summed E-state index contributed by atoms with van der Waals surface area (Å²) in [5, 5.41) is 3.16. The molecule has 0 aliphatic carbocycles. The van der Waals surface area contributed by atoms with Gasteiger partial charge in [-0.2, -0.15) is 0 Å². The molecule has 1 amide bonds. The van der Waals surface area contributed by atoms with Crippen molar-refractivity contribution in [3.8, 4) is 22.5 Å². The van der Waals surface area contributed by atoms with Crippen molar-refractivity contribution in [1.82, 2.24) is 5.32 Å². The third kappa shape index (κ3) is 4.28. The van der Waals surface area contributed by atoms with Crippen molar-refractivity contribution in [3.05, 3.63) is 77.6 Å². The Labute approximate surface area is 198 Å². The van der Waals surface area contributed by atoms with Gasteiger partial charge in [0.05, 0.1) is 17.5 Å². The number of furan rings is 1. The van der Waals surface area contributed by atoms with Crippen molar-refractivity contribution in [2.75, 3.05) is 24.7 Å². The highest BCUT2D eigenvalue weighted by molar-refractivity contribution is 7.92. The number of aryl methyl sites for hydroxylation is 1. The average molecular weight is 481 g/mol. The summed E-state index contributed by atoms with van der Waals surface area (Å²) >= 11 is 0. The lowest BCUT2D eigenvalue weighted by atomic mass is 9.97. The molecule has 0 spiro atoms. The molecular weight excluding hydrogens is 455 g/mol. The van der Waals surface area contributed by atoms with E-state index in [2.05, 4.69) is 12.2 Å². The number of hydrogen-bond acceptors (Lipinski definition) is 4. The first kappa shape index (κ1) is 23.5. The largest absolute Gasteiger partial charge is 0.455 e. The third-order valence-electron chi connectivity index (χ3n) is 5.88. The quantitative estimate of drug-likeness (QED) is 0.410. The van der Waals surface area contributed by atoms with Crippen LogP contribution in [0.1, 0.15) is 22.8 Å². The van der Waals surface area contributed by atoms with Gasteiger partial charge >= 0.3 is 0 Å². The standard InChI is InChI=1S/C26H25FN2O4S/c1-5-16-6-8-17(9-7-16)20-14-21-23(15-22(20)29(3)34(4,31)32)33-25(24(21)26(30)28-2)18-10-12-19(27)13-11-18/h6-15H,5H2,1-4H3,(H,28,30). The smallest absolute Gasteiger partial charge is 0.255 e. The monoisotopic (exact) mass is 480 g/mol. The summed E-state index contributed by atoms with van der Waals surface area (Å²) in [5.41, 5.74) is 4.18. The molecule has 0 saturated heterocycles. The number of halogens is 1. The molecule has 8 heteroatoms. The van der Waals surface area contributed by atoms with Crippen molar-refractivity contribution < 1.29 is 22.0 Å². The van der Waals surface area contributed by atoms with E-state index in [1.54, 1.807) is 12.1 Å². The molecule has 0 aliphatic rings. The maximum Gasteiger partial charge on any atom is 0.255 e. The predicted molar refractivity (Wildman–Crippen MR) is 133 cm³/mol. The first-order valence-electron chi connectivity index (χ1n) is 10.8. The molecule has 0 radical (unpaired) electrons. The summed E-state index contributed by atoms with van der Waals surface area (Å²) in [5.74, 6) is -0.494. The van der Waals surface area contributed by atoms with E-state index in [1.807, 2.05) is 24.3 Å². The van der Waals surface area contributed by atoms with Gasteiger partial charge in [-0.3, -0.25) is 9.10 Å². The second kappa shape index (κ2) is 8.95. The average Bonchev–Trinajstić information content (AvgIpc) is 3.20. The Kier molecular flexibility index (Phi) is 6.18. The second-order valence-electron chi connectivity index (χ2n) is 8.04. The molecule has 0 bridgehead atoms. The minimum absolute atomic E-state index is 0.279. The zero-order valence-corrected chi connectivity index (χ0v) is 20.2. The van der Waals surface area contributed by atoms with Crippen LogP contribution in [0.4, 0.5) is 10.1 Å². The Morgan fingerprint density at radius 2 is 1.65 bits per heavy atom. The van der Waals surface area contributed by atoms with Crippen molar-refractivity contribution in [2.24, 2.45) is 0 Å². The van der Waals surface area contributed by atoms with E-state index in [-0.39, 0.29) is 11.7 Å². The minimum atomic E-state index is -3.58. The summed E-state index contributed by atoms with van der Waals surface area (Å²) in [6.45, 7) is 2.06. The molecule has 4 aromatic rings. The molecule has 176 valence electrons. The number of hydrogen-bond donors (Lipinski definition) is 1. The number of anilines is 1. The van der Waals surface area contributed by atoms with Crippen LogP contribution in [0.5, 0.6) is 0 Å². The topological polar surface area (TPSA) is 79.6 Å². The van der Waals surface area contributed by atoms with Crippen molar-refractivity contribution in [1.29, 1.82) is 0 Å². The molecule has 0 fully saturated rings. The number of rotatable bonds is 6. The van der Waals surface area contributed by atoms with Gasteiger partial charge < -0.3 is 9.73 Å². The molecule has 0 aliphatic heterocycles. The van der Waals surface area contributed by atoms with Crippen molar-refractivity contribution in [2.45, 2.75) is 13.3 Å². The number of carbonyl (C=O) groups excluding carboxylic acids is 1. The minimum Gasteiger partial charge on any atom is -0.455 e. The fourth-order valence-electron chi connectivity index (χ4n) is 3.88. The van der Waals surface area contributed by atoms with Gasteiger partial charge in [-0.15, -0.1) is 0 Å². The van der Waals surface area contributed by atoms with Crippen LogP contribution in [0.2, 0.25) is 0 Å². The maximum absolute atomic E-state index is 13.5. The van der Waals surface area contributed by atoms with Crippen molar-refractivity contribution >= 4 is 32.6 Å². The third-order valence-corrected chi connectivity index (χ3v) is 7.07. The maximum atomic E-state index is 13.5. The van der Waals surface area contributed by atoms with Crippen LogP contribution in [-0.4, -0.2) is 34.7 Å². The summed E-state index contributed by atoms with van der Waals surface area (Å²) in [7, 11) is -0.583. The van der Waals surface area contributed by atoms with E-state index in [1.165, 1.54) is 42.7 Å². The van der Waals surface area contributed by atoms with Crippen LogP contribution < -0.4 is 9.62 Å². The molecule has 6 nitrogen and oxygen atoms in total. The number of nitrogens with one attached hydrogen (secondary N) is 1. The van der Waals surface area contributed by atoms with E-state index in [0.29, 0.717) is 33.3 Å². The number of benzene rings is 3. The number of sulfonamides is 1. The van der Waals surface area contributed by atoms with Gasteiger partial charge in [-0.25, -0.2) is 12.8 Å². The molecule has 4 rings (SSSR count). The number of nitrogens with zero attached hydrogens (tertiary/aromatic N) is 1. The van der Waals surface area contributed by atoms with Crippen LogP contribution >= 0.6 is 0 Å². The van der Waals surface area contributed by atoms with E-state index in [9.17, 15) is 17.6 Å². The Morgan fingerprint density at radius 3 is 2.21 bits per heavy atom. The Balaban J connectivity index is 2.05. The van der Waals surface area contributed by atoms with Crippen LogP contribution in [-0.2, 0) is 16.4 Å². The second-order valence-corrected chi connectivity index (χ2v) is 10.1. The lowest BCUT2D eigenvalue weighted by molar-refractivity contribution is 0.0964.